The van der Waals surface area contributed by atoms with Gasteiger partial charge in [0.1, 0.15) is 11.9 Å². The standard InChI is InChI=1S/C12H11FN2O2/c13-10-2-1-8(3-5-14)7-9(10)12(17)11(16)4-6-15/h1-2,7,11-12,16-17H,3-4H2. The fourth-order valence-corrected chi connectivity index (χ4v) is 1.43. The minimum atomic E-state index is -1.46. The van der Waals surface area contributed by atoms with Crippen molar-refractivity contribution in [2.75, 3.05) is 0 Å². The Hall–Kier alpha value is -1.95. The highest BCUT2D eigenvalue weighted by Gasteiger charge is 2.21. The van der Waals surface area contributed by atoms with E-state index in [1.807, 2.05) is 6.07 Å². The van der Waals surface area contributed by atoms with Crippen LogP contribution in [0.3, 0.4) is 0 Å². The largest absolute Gasteiger partial charge is 0.389 e. The van der Waals surface area contributed by atoms with Crippen molar-refractivity contribution in [1.82, 2.24) is 0 Å². The fourth-order valence-electron chi connectivity index (χ4n) is 1.43. The Labute approximate surface area is 98.2 Å². The van der Waals surface area contributed by atoms with Crippen LogP contribution in [0.2, 0.25) is 0 Å². The molecule has 0 bridgehead atoms. The molecule has 1 aromatic rings. The molecular weight excluding hydrogens is 223 g/mol. The zero-order valence-electron chi connectivity index (χ0n) is 8.97. The van der Waals surface area contributed by atoms with Gasteiger partial charge in [0, 0.05) is 5.56 Å². The van der Waals surface area contributed by atoms with Crippen LogP contribution in [-0.4, -0.2) is 16.3 Å². The van der Waals surface area contributed by atoms with Crippen LogP contribution >= 0.6 is 0 Å². The van der Waals surface area contributed by atoms with E-state index in [1.165, 1.54) is 12.1 Å². The summed E-state index contributed by atoms with van der Waals surface area (Å²) in [6, 6.07) is 7.49. The molecule has 0 aliphatic carbocycles. The van der Waals surface area contributed by atoms with Crippen LogP contribution < -0.4 is 0 Å². The number of hydrogen-bond acceptors (Lipinski definition) is 4. The molecule has 0 amide bonds. The molecule has 1 rings (SSSR count). The van der Waals surface area contributed by atoms with E-state index < -0.39 is 18.0 Å². The second-order valence-corrected chi connectivity index (χ2v) is 3.57. The van der Waals surface area contributed by atoms with Crippen molar-refractivity contribution in [1.29, 1.82) is 10.5 Å². The third-order valence-corrected chi connectivity index (χ3v) is 2.33. The van der Waals surface area contributed by atoms with Crippen LogP contribution in [0.1, 0.15) is 23.7 Å². The van der Waals surface area contributed by atoms with Gasteiger partial charge >= 0.3 is 0 Å². The lowest BCUT2D eigenvalue weighted by Crippen LogP contribution is -2.18. The van der Waals surface area contributed by atoms with E-state index in [2.05, 4.69) is 0 Å². The minimum Gasteiger partial charge on any atom is -0.389 e. The molecule has 1 aromatic carbocycles. The van der Waals surface area contributed by atoms with Gasteiger partial charge in [-0.3, -0.25) is 0 Å². The van der Waals surface area contributed by atoms with Crippen molar-refractivity contribution in [3.8, 4) is 12.1 Å². The molecular formula is C12H11FN2O2. The Kier molecular flexibility index (Phi) is 4.59. The van der Waals surface area contributed by atoms with Crippen LogP contribution in [0.5, 0.6) is 0 Å². The number of halogens is 1. The lowest BCUT2D eigenvalue weighted by Gasteiger charge is -2.16. The molecule has 0 saturated heterocycles. The van der Waals surface area contributed by atoms with E-state index in [4.69, 9.17) is 10.5 Å². The predicted molar refractivity (Wildman–Crippen MR) is 56.9 cm³/mol. The first kappa shape index (κ1) is 13.1. The third kappa shape index (κ3) is 3.25. The average Bonchev–Trinajstić information content (AvgIpc) is 2.31. The second kappa shape index (κ2) is 5.95. The molecule has 0 saturated carbocycles. The van der Waals surface area contributed by atoms with Gasteiger partial charge in [0.05, 0.1) is 31.1 Å². The van der Waals surface area contributed by atoms with Gasteiger partial charge in [0.25, 0.3) is 0 Å². The molecule has 0 spiro atoms. The third-order valence-electron chi connectivity index (χ3n) is 2.33. The van der Waals surface area contributed by atoms with Crippen LogP contribution in [0.25, 0.3) is 0 Å². The van der Waals surface area contributed by atoms with Crippen LogP contribution in [-0.2, 0) is 6.42 Å². The molecule has 0 aliphatic heterocycles. The van der Waals surface area contributed by atoms with Gasteiger partial charge in [0.15, 0.2) is 0 Å². The van der Waals surface area contributed by atoms with Gasteiger partial charge < -0.3 is 10.2 Å². The maximum atomic E-state index is 13.4. The van der Waals surface area contributed by atoms with Crippen LogP contribution in [0, 0.1) is 28.5 Å². The first-order chi connectivity index (χ1) is 8.10. The minimum absolute atomic E-state index is 0.0916. The van der Waals surface area contributed by atoms with Crippen molar-refractivity contribution in [3.05, 3.63) is 35.1 Å². The first-order valence-electron chi connectivity index (χ1n) is 4.98. The summed E-state index contributed by atoms with van der Waals surface area (Å²) in [6.07, 6.45) is -3.00. The van der Waals surface area contributed by atoms with Gasteiger partial charge in [-0.1, -0.05) is 6.07 Å². The molecule has 5 heteroatoms. The summed E-state index contributed by atoms with van der Waals surface area (Å²) >= 11 is 0. The molecule has 0 fully saturated rings. The summed E-state index contributed by atoms with van der Waals surface area (Å²) < 4.78 is 13.4. The lowest BCUT2D eigenvalue weighted by molar-refractivity contribution is 0.0195. The number of aliphatic hydroxyl groups is 2. The smallest absolute Gasteiger partial charge is 0.129 e. The Bertz CT molecular complexity index is 476. The molecule has 2 N–H and O–H groups in total. The van der Waals surface area contributed by atoms with E-state index in [9.17, 15) is 14.6 Å². The molecule has 0 heterocycles. The van der Waals surface area contributed by atoms with E-state index >= 15 is 0 Å². The number of hydrogen-bond donors (Lipinski definition) is 2. The Balaban J connectivity index is 3.00. The van der Waals surface area contributed by atoms with Crippen molar-refractivity contribution in [2.24, 2.45) is 0 Å². The average molecular weight is 234 g/mol. The van der Waals surface area contributed by atoms with Gasteiger partial charge in [0.2, 0.25) is 0 Å². The van der Waals surface area contributed by atoms with Gasteiger partial charge in [-0.2, -0.15) is 10.5 Å². The van der Waals surface area contributed by atoms with E-state index in [0.29, 0.717) is 5.56 Å². The quantitative estimate of drug-likeness (QED) is 0.819. The number of rotatable bonds is 4. The van der Waals surface area contributed by atoms with Crippen molar-refractivity contribution in [2.45, 2.75) is 25.0 Å². The zero-order valence-corrected chi connectivity index (χ0v) is 8.97. The first-order valence-corrected chi connectivity index (χ1v) is 4.98. The Morgan fingerprint density at radius 3 is 2.53 bits per heavy atom. The molecule has 2 atom stereocenters. The highest BCUT2D eigenvalue weighted by atomic mass is 19.1. The van der Waals surface area contributed by atoms with Crippen LogP contribution in [0.4, 0.5) is 4.39 Å². The molecule has 0 radical (unpaired) electrons. The summed E-state index contributed by atoms with van der Waals surface area (Å²) in [7, 11) is 0. The summed E-state index contributed by atoms with van der Waals surface area (Å²) in [5, 5.41) is 36.0. The molecule has 0 aliphatic rings. The fraction of sp³-hybridized carbons (Fsp3) is 0.333. The number of nitrogens with zero attached hydrogens (tertiary/aromatic N) is 2. The highest BCUT2D eigenvalue weighted by molar-refractivity contribution is 5.29. The van der Waals surface area contributed by atoms with Crippen molar-refractivity contribution >= 4 is 0 Å². The second-order valence-electron chi connectivity index (χ2n) is 3.57. The SMILES string of the molecule is N#CCc1ccc(F)c(C(O)C(O)CC#N)c1. The normalized spacial score (nSPS) is 13.5. The molecule has 4 nitrogen and oxygen atoms in total. The van der Waals surface area contributed by atoms with Gasteiger partial charge in [-0.15, -0.1) is 0 Å². The molecule has 17 heavy (non-hydrogen) atoms. The highest BCUT2D eigenvalue weighted by Crippen LogP contribution is 2.23. The van der Waals surface area contributed by atoms with Gasteiger partial charge in [-0.25, -0.2) is 4.39 Å². The maximum Gasteiger partial charge on any atom is 0.129 e. The molecule has 2 unspecified atom stereocenters. The summed E-state index contributed by atoms with van der Waals surface area (Å²) in [6.45, 7) is 0. The van der Waals surface area contributed by atoms with Crippen LogP contribution in [0.15, 0.2) is 18.2 Å². The number of nitriles is 2. The lowest BCUT2D eigenvalue weighted by atomic mass is 9.99. The van der Waals surface area contributed by atoms with E-state index in [-0.39, 0.29) is 18.4 Å². The molecule has 0 aromatic heterocycles. The topological polar surface area (TPSA) is 88.0 Å². The summed E-state index contributed by atoms with van der Waals surface area (Å²) in [4.78, 5) is 0. The van der Waals surface area contributed by atoms with E-state index in [1.54, 1.807) is 6.07 Å². The summed E-state index contributed by atoms with van der Waals surface area (Å²) in [5.41, 5.74) is 0.451. The van der Waals surface area contributed by atoms with Gasteiger partial charge in [-0.05, 0) is 17.7 Å². The van der Waals surface area contributed by atoms with Crippen molar-refractivity contribution < 1.29 is 14.6 Å². The zero-order chi connectivity index (χ0) is 12.8. The maximum absolute atomic E-state index is 13.4. The number of benzene rings is 1. The Morgan fingerprint density at radius 1 is 1.24 bits per heavy atom. The summed E-state index contributed by atoms with van der Waals surface area (Å²) in [5.74, 6) is -0.670. The Morgan fingerprint density at radius 2 is 1.94 bits per heavy atom. The number of aliphatic hydroxyl groups excluding tert-OH is 2. The van der Waals surface area contributed by atoms with E-state index in [0.717, 1.165) is 6.07 Å². The predicted octanol–water partition coefficient (Wildman–Crippen LogP) is 1.20. The van der Waals surface area contributed by atoms with Crippen molar-refractivity contribution in [3.63, 3.8) is 0 Å². The monoisotopic (exact) mass is 234 g/mol. The molecule has 88 valence electrons.